The summed E-state index contributed by atoms with van der Waals surface area (Å²) in [6.45, 7) is 4.97. The van der Waals surface area contributed by atoms with E-state index in [1.807, 2.05) is 0 Å². The minimum atomic E-state index is -0.187. The van der Waals surface area contributed by atoms with Crippen molar-refractivity contribution in [2.75, 3.05) is 0 Å². The first kappa shape index (κ1) is 10.1. The molecule has 0 unspecified atom stereocenters. The van der Waals surface area contributed by atoms with Gasteiger partial charge in [0, 0.05) is 6.92 Å². The molecule has 0 amide bonds. The summed E-state index contributed by atoms with van der Waals surface area (Å²) in [5.41, 5.74) is 0. The van der Waals surface area contributed by atoms with Gasteiger partial charge in [0.15, 0.2) is 0 Å². The van der Waals surface area contributed by atoms with Gasteiger partial charge in [0.2, 0.25) is 0 Å². The van der Waals surface area contributed by atoms with E-state index >= 15 is 0 Å². The van der Waals surface area contributed by atoms with Crippen LogP contribution in [0.3, 0.4) is 0 Å². The molecule has 0 aromatic heterocycles. The quantitative estimate of drug-likeness (QED) is 0.497. The lowest BCUT2D eigenvalue weighted by Crippen LogP contribution is -2.26. The maximum absolute atomic E-state index is 10.6. The van der Waals surface area contributed by atoms with Gasteiger partial charge in [-0.3, -0.25) is 4.79 Å². The van der Waals surface area contributed by atoms with Gasteiger partial charge >= 0.3 is 5.97 Å². The molecule has 3 heteroatoms. The fraction of sp³-hybridized carbons (Fsp3) is 0.700. The monoisotopic (exact) mass is 184 g/mol. The molecule has 0 saturated heterocycles. The number of esters is 1. The Morgan fingerprint density at radius 3 is 2.31 bits per heavy atom. The molecule has 0 radical (unpaired) electrons. The largest absolute Gasteiger partial charge is 0.499 e. The lowest BCUT2D eigenvalue weighted by molar-refractivity contribution is -0.148. The van der Waals surface area contributed by atoms with Crippen LogP contribution in [0.5, 0.6) is 0 Å². The summed E-state index contributed by atoms with van der Waals surface area (Å²) in [7, 11) is 0. The molecule has 0 N–H and O–H groups in total. The molecule has 74 valence electrons. The SMILES string of the molecule is C=COC1CCC(OC(C)=O)CC1. The molecule has 13 heavy (non-hydrogen) atoms. The number of carbonyl (C=O) groups is 1. The summed E-state index contributed by atoms with van der Waals surface area (Å²) < 4.78 is 10.4. The van der Waals surface area contributed by atoms with Crippen molar-refractivity contribution in [2.24, 2.45) is 0 Å². The van der Waals surface area contributed by atoms with Crippen LogP contribution in [-0.4, -0.2) is 18.2 Å². The number of hydrogen-bond acceptors (Lipinski definition) is 3. The smallest absolute Gasteiger partial charge is 0.302 e. The van der Waals surface area contributed by atoms with E-state index in [-0.39, 0.29) is 18.2 Å². The van der Waals surface area contributed by atoms with Crippen LogP contribution in [0.15, 0.2) is 12.8 Å². The maximum Gasteiger partial charge on any atom is 0.302 e. The zero-order valence-electron chi connectivity index (χ0n) is 7.99. The van der Waals surface area contributed by atoms with E-state index in [1.54, 1.807) is 0 Å². The fourth-order valence-corrected chi connectivity index (χ4v) is 1.66. The molecule has 1 rings (SSSR count). The second-order valence-corrected chi connectivity index (χ2v) is 3.31. The average molecular weight is 184 g/mol. The van der Waals surface area contributed by atoms with Crippen LogP contribution in [0.2, 0.25) is 0 Å². The Labute approximate surface area is 78.7 Å². The lowest BCUT2D eigenvalue weighted by Gasteiger charge is -2.27. The summed E-state index contributed by atoms with van der Waals surface area (Å²) in [6.07, 6.45) is 5.55. The molecule has 0 aromatic rings. The molecule has 1 aliphatic carbocycles. The highest BCUT2D eigenvalue weighted by Gasteiger charge is 2.23. The van der Waals surface area contributed by atoms with Gasteiger partial charge in [-0.1, -0.05) is 6.58 Å². The molecule has 0 bridgehead atoms. The second-order valence-electron chi connectivity index (χ2n) is 3.31. The van der Waals surface area contributed by atoms with E-state index in [9.17, 15) is 4.79 Å². The molecular weight excluding hydrogens is 168 g/mol. The first-order chi connectivity index (χ1) is 6.22. The molecule has 1 aliphatic rings. The fourth-order valence-electron chi connectivity index (χ4n) is 1.66. The minimum absolute atomic E-state index is 0.0992. The highest BCUT2D eigenvalue weighted by molar-refractivity contribution is 5.66. The average Bonchev–Trinajstić information content (AvgIpc) is 2.08. The molecular formula is C10H16O3. The van der Waals surface area contributed by atoms with Gasteiger partial charge in [0.05, 0.1) is 12.4 Å². The van der Waals surface area contributed by atoms with Crippen molar-refractivity contribution in [3.8, 4) is 0 Å². The van der Waals surface area contributed by atoms with Gasteiger partial charge in [-0.25, -0.2) is 0 Å². The third kappa shape index (κ3) is 3.49. The predicted octanol–water partition coefficient (Wildman–Crippen LogP) is 2.02. The van der Waals surface area contributed by atoms with Crippen molar-refractivity contribution >= 4 is 5.97 Å². The minimum Gasteiger partial charge on any atom is -0.499 e. The Morgan fingerprint density at radius 1 is 1.31 bits per heavy atom. The first-order valence-electron chi connectivity index (χ1n) is 4.66. The van der Waals surface area contributed by atoms with Crippen LogP contribution in [0.25, 0.3) is 0 Å². The highest BCUT2D eigenvalue weighted by atomic mass is 16.5. The Hall–Kier alpha value is -0.990. The number of carbonyl (C=O) groups excluding carboxylic acids is 1. The standard InChI is InChI=1S/C10H16O3/c1-3-12-9-4-6-10(7-5-9)13-8(2)11/h3,9-10H,1,4-7H2,2H3. The molecule has 3 nitrogen and oxygen atoms in total. The van der Waals surface area contributed by atoms with Gasteiger partial charge in [-0.15, -0.1) is 0 Å². The van der Waals surface area contributed by atoms with Crippen molar-refractivity contribution in [1.29, 1.82) is 0 Å². The topological polar surface area (TPSA) is 35.5 Å². The van der Waals surface area contributed by atoms with E-state index < -0.39 is 0 Å². The summed E-state index contributed by atoms with van der Waals surface area (Å²) in [5, 5.41) is 0. The molecule has 0 atom stereocenters. The molecule has 1 fully saturated rings. The Kier molecular flexibility index (Phi) is 3.80. The third-order valence-corrected chi connectivity index (χ3v) is 2.24. The van der Waals surface area contributed by atoms with Gasteiger partial charge in [0.1, 0.15) is 6.10 Å². The molecule has 0 aromatic carbocycles. The van der Waals surface area contributed by atoms with E-state index in [2.05, 4.69) is 6.58 Å². The van der Waals surface area contributed by atoms with Gasteiger partial charge in [-0.05, 0) is 25.7 Å². The molecule has 1 saturated carbocycles. The Balaban J connectivity index is 2.22. The molecule has 0 aliphatic heterocycles. The van der Waals surface area contributed by atoms with Crippen LogP contribution < -0.4 is 0 Å². The number of rotatable bonds is 3. The normalized spacial score (nSPS) is 27.8. The molecule has 0 heterocycles. The van der Waals surface area contributed by atoms with Crippen molar-refractivity contribution in [3.05, 3.63) is 12.8 Å². The van der Waals surface area contributed by atoms with Crippen molar-refractivity contribution in [1.82, 2.24) is 0 Å². The van der Waals surface area contributed by atoms with Crippen molar-refractivity contribution < 1.29 is 14.3 Å². The van der Waals surface area contributed by atoms with Crippen molar-refractivity contribution in [3.63, 3.8) is 0 Å². The molecule has 0 spiro atoms. The van der Waals surface area contributed by atoms with E-state index in [0.29, 0.717) is 0 Å². The Morgan fingerprint density at radius 2 is 1.85 bits per heavy atom. The highest BCUT2D eigenvalue weighted by Crippen LogP contribution is 2.23. The summed E-state index contributed by atoms with van der Waals surface area (Å²) >= 11 is 0. The summed E-state index contributed by atoms with van der Waals surface area (Å²) in [6, 6.07) is 0. The van der Waals surface area contributed by atoms with Crippen LogP contribution >= 0.6 is 0 Å². The van der Waals surface area contributed by atoms with E-state index in [1.165, 1.54) is 13.2 Å². The first-order valence-corrected chi connectivity index (χ1v) is 4.66. The predicted molar refractivity (Wildman–Crippen MR) is 49.1 cm³/mol. The maximum atomic E-state index is 10.6. The van der Waals surface area contributed by atoms with Gasteiger partial charge in [-0.2, -0.15) is 0 Å². The van der Waals surface area contributed by atoms with Crippen LogP contribution in [0.1, 0.15) is 32.6 Å². The summed E-state index contributed by atoms with van der Waals surface area (Å²) in [4.78, 5) is 10.6. The second kappa shape index (κ2) is 4.90. The van der Waals surface area contributed by atoms with E-state index in [4.69, 9.17) is 9.47 Å². The zero-order valence-corrected chi connectivity index (χ0v) is 7.99. The lowest BCUT2D eigenvalue weighted by atomic mass is 9.95. The van der Waals surface area contributed by atoms with E-state index in [0.717, 1.165) is 25.7 Å². The zero-order chi connectivity index (χ0) is 9.68. The Bertz CT molecular complexity index is 181. The van der Waals surface area contributed by atoms with Crippen LogP contribution in [0.4, 0.5) is 0 Å². The summed E-state index contributed by atoms with van der Waals surface area (Å²) in [5.74, 6) is -0.187. The van der Waals surface area contributed by atoms with Gasteiger partial charge in [0.25, 0.3) is 0 Å². The van der Waals surface area contributed by atoms with Crippen molar-refractivity contribution in [2.45, 2.75) is 44.8 Å². The van der Waals surface area contributed by atoms with Crippen LogP contribution in [0, 0.1) is 0 Å². The van der Waals surface area contributed by atoms with Gasteiger partial charge < -0.3 is 9.47 Å². The third-order valence-electron chi connectivity index (χ3n) is 2.24. The van der Waals surface area contributed by atoms with Crippen LogP contribution in [-0.2, 0) is 14.3 Å². The number of hydrogen-bond donors (Lipinski definition) is 0. The number of ether oxygens (including phenoxy) is 2.